The minimum absolute atomic E-state index is 0.0370. The number of carbonyl (C=O) groups excluding carboxylic acids is 2. The van der Waals surface area contributed by atoms with Crippen molar-refractivity contribution in [2.45, 2.75) is 53.9 Å². The summed E-state index contributed by atoms with van der Waals surface area (Å²) >= 11 is 0. The number of ether oxygens (including phenoxy) is 4. The highest BCUT2D eigenvalue weighted by Crippen LogP contribution is 2.26. The van der Waals surface area contributed by atoms with Gasteiger partial charge in [-0.3, -0.25) is 9.59 Å². The van der Waals surface area contributed by atoms with Gasteiger partial charge in [0.25, 0.3) is 0 Å². The van der Waals surface area contributed by atoms with Crippen LogP contribution in [0.5, 0.6) is 23.0 Å². The summed E-state index contributed by atoms with van der Waals surface area (Å²) in [6.07, 6.45) is 0.823. The molecule has 0 aliphatic rings. The second kappa shape index (κ2) is 23.2. The Hall–Kier alpha value is -3.18. The first kappa shape index (κ1) is 36.0. The van der Waals surface area contributed by atoms with Crippen LogP contribution >= 0.6 is 0 Å². The molecular weight excluding hydrogens is 484 g/mol. The number of phenols is 2. The number of hydrogen-bond acceptors (Lipinski definition) is 10. The molecular formula is C27H42O10. The van der Waals surface area contributed by atoms with Crippen LogP contribution in [-0.4, -0.2) is 78.4 Å². The second-order valence-corrected chi connectivity index (χ2v) is 7.07. The van der Waals surface area contributed by atoms with Gasteiger partial charge < -0.3 is 39.4 Å². The fourth-order valence-electron chi connectivity index (χ4n) is 2.27. The third kappa shape index (κ3) is 18.7. The van der Waals surface area contributed by atoms with E-state index < -0.39 is 6.10 Å². The van der Waals surface area contributed by atoms with Crippen molar-refractivity contribution >= 4 is 12.6 Å². The minimum atomic E-state index is -0.560. The van der Waals surface area contributed by atoms with E-state index in [1.54, 1.807) is 0 Å². The molecule has 37 heavy (non-hydrogen) atoms. The Bertz CT molecular complexity index is 790. The van der Waals surface area contributed by atoms with Gasteiger partial charge in [0, 0.05) is 24.3 Å². The van der Waals surface area contributed by atoms with Gasteiger partial charge in [0.1, 0.15) is 12.6 Å². The van der Waals surface area contributed by atoms with Gasteiger partial charge in [0.2, 0.25) is 0 Å². The van der Waals surface area contributed by atoms with E-state index in [2.05, 4.69) is 0 Å². The average Bonchev–Trinajstić information content (AvgIpc) is 2.88. The van der Waals surface area contributed by atoms with Crippen LogP contribution < -0.4 is 9.47 Å². The van der Waals surface area contributed by atoms with Crippen molar-refractivity contribution in [2.24, 2.45) is 0 Å². The van der Waals surface area contributed by atoms with Crippen LogP contribution in [0.1, 0.15) is 62.3 Å². The minimum Gasteiger partial charge on any atom is -0.504 e. The predicted molar refractivity (Wildman–Crippen MR) is 141 cm³/mol. The van der Waals surface area contributed by atoms with Crippen molar-refractivity contribution in [3.05, 3.63) is 47.5 Å². The molecule has 0 bridgehead atoms. The Balaban J connectivity index is 0. The SMILES string of the molecule is CC(O)CO.CCOC(C)OCC.CCOc1cc(C=O)ccc1O.CCOc1cc(C=O)ccc1O. The van der Waals surface area contributed by atoms with Gasteiger partial charge in [0.05, 0.1) is 25.9 Å². The molecule has 0 saturated heterocycles. The van der Waals surface area contributed by atoms with Crippen molar-refractivity contribution in [2.75, 3.05) is 33.0 Å². The van der Waals surface area contributed by atoms with Crippen molar-refractivity contribution in [1.29, 1.82) is 0 Å². The van der Waals surface area contributed by atoms with E-state index in [1.165, 1.54) is 43.3 Å². The molecule has 0 aliphatic heterocycles. The van der Waals surface area contributed by atoms with Crippen LogP contribution in [0.2, 0.25) is 0 Å². The first-order valence-electron chi connectivity index (χ1n) is 12.0. The molecule has 0 spiro atoms. The smallest absolute Gasteiger partial charge is 0.161 e. The molecule has 0 amide bonds. The Morgan fingerprint density at radius 2 is 1.08 bits per heavy atom. The topological polar surface area (TPSA) is 152 Å². The van der Waals surface area contributed by atoms with Gasteiger partial charge in [-0.2, -0.15) is 0 Å². The Labute approximate surface area is 219 Å². The molecule has 10 nitrogen and oxygen atoms in total. The highest BCUT2D eigenvalue weighted by atomic mass is 16.7. The van der Waals surface area contributed by atoms with Gasteiger partial charge in [-0.1, -0.05) is 0 Å². The lowest BCUT2D eigenvalue weighted by Crippen LogP contribution is -2.11. The summed E-state index contributed by atoms with van der Waals surface area (Å²) in [6.45, 7) is 13.2. The number of aliphatic hydroxyl groups excluding tert-OH is 2. The predicted octanol–water partition coefficient (Wildman–Crippen LogP) is 3.97. The quantitative estimate of drug-likeness (QED) is 0.250. The molecule has 0 aromatic heterocycles. The number of carbonyl (C=O) groups is 2. The molecule has 0 heterocycles. The summed E-state index contributed by atoms with van der Waals surface area (Å²) in [5, 5.41) is 34.4. The van der Waals surface area contributed by atoms with E-state index in [-0.39, 0.29) is 24.4 Å². The maximum absolute atomic E-state index is 10.3. The van der Waals surface area contributed by atoms with Crippen LogP contribution in [0.4, 0.5) is 0 Å². The number of hydrogen-bond donors (Lipinski definition) is 4. The van der Waals surface area contributed by atoms with Crippen molar-refractivity contribution in [1.82, 2.24) is 0 Å². The summed E-state index contributed by atoms with van der Waals surface area (Å²) in [5.74, 6) is 0.814. The molecule has 1 unspecified atom stereocenters. The van der Waals surface area contributed by atoms with Gasteiger partial charge in [-0.25, -0.2) is 0 Å². The maximum Gasteiger partial charge on any atom is 0.161 e. The molecule has 0 aliphatic carbocycles. The number of phenolic OH excluding ortho intramolecular Hbond substituents is 2. The van der Waals surface area contributed by atoms with E-state index in [0.29, 0.717) is 48.4 Å². The van der Waals surface area contributed by atoms with Crippen molar-refractivity contribution < 1.29 is 49.0 Å². The normalized spacial score (nSPS) is 10.4. The molecule has 2 rings (SSSR count). The summed E-state index contributed by atoms with van der Waals surface area (Å²) in [6, 6.07) is 8.96. The lowest BCUT2D eigenvalue weighted by molar-refractivity contribution is -0.123. The van der Waals surface area contributed by atoms with Crippen LogP contribution in [-0.2, 0) is 9.47 Å². The van der Waals surface area contributed by atoms with Crippen LogP contribution in [0.15, 0.2) is 36.4 Å². The molecule has 2 aromatic rings. The standard InChI is InChI=1S/2C9H10O3.C6H14O2.C3H8O2/c2*1-2-12-9-5-7(6-10)3-4-8(9)11;1-4-7-6(3)8-5-2;1-3(5)2-4/h2*3-6,11H,2H2,1H3;6H,4-5H2,1-3H3;3-5H,2H2,1H3. The van der Waals surface area contributed by atoms with E-state index in [4.69, 9.17) is 29.2 Å². The zero-order chi connectivity index (χ0) is 28.6. The monoisotopic (exact) mass is 526 g/mol. The summed E-state index contributed by atoms with van der Waals surface area (Å²) in [5.41, 5.74) is 0.993. The summed E-state index contributed by atoms with van der Waals surface area (Å²) < 4.78 is 20.3. The van der Waals surface area contributed by atoms with Crippen LogP contribution in [0.25, 0.3) is 0 Å². The molecule has 4 N–H and O–H groups in total. The number of aromatic hydroxyl groups is 2. The van der Waals surface area contributed by atoms with E-state index >= 15 is 0 Å². The van der Waals surface area contributed by atoms with E-state index in [1.807, 2.05) is 34.6 Å². The molecule has 0 radical (unpaired) electrons. The summed E-state index contributed by atoms with van der Waals surface area (Å²) in [4.78, 5) is 20.7. The maximum atomic E-state index is 10.3. The van der Waals surface area contributed by atoms with Crippen LogP contribution in [0, 0.1) is 0 Å². The second-order valence-electron chi connectivity index (χ2n) is 7.07. The highest BCUT2D eigenvalue weighted by Gasteiger charge is 2.02. The van der Waals surface area contributed by atoms with Crippen molar-refractivity contribution in [3.8, 4) is 23.0 Å². The number of aliphatic hydroxyl groups is 2. The fraction of sp³-hybridized carbons (Fsp3) is 0.481. The van der Waals surface area contributed by atoms with Gasteiger partial charge >= 0.3 is 0 Å². The lowest BCUT2D eigenvalue weighted by atomic mass is 10.2. The molecule has 10 heteroatoms. The first-order chi connectivity index (χ1) is 17.6. The zero-order valence-corrected chi connectivity index (χ0v) is 22.5. The molecule has 0 saturated carbocycles. The van der Waals surface area contributed by atoms with Gasteiger partial charge in [-0.05, 0) is 77.9 Å². The largest absolute Gasteiger partial charge is 0.504 e. The molecule has 2 aromatic carbocycles. The third-order valence-corrected chi connectivity index (χ3v) is 3.91. The Kier molecular flexibility index (Phi) is 22.6. The van der Waals surface area contributed by atoms with Crippen LogP contribution in [0.3, 0.4) is 0 Å². The molecule has 210 valence electrons. The summed E-state index contributed by atoms with van der Waals surface area (Å²) in [7, 11) is 0. The average molecular weight is 527 g/mol. The number of benzene rings is 2. The number of aldehydes is 2. The third-order valence-electron chi connectivity index (χ3n) is 3.91. The molecule has 0 fully saturated rings. The highest BCUT2D eigenvalue weighted by molar-refractivity contribution is 5.76. The first-order valence-corrected chi connectivity index (χ1v) is 12.0. The lowest BCUT2D eigenvalue weighted by Gasteiger charge is -2.09. The van der Waals surface area contributed by atoms with Gasteiger partial charge in [-0.15, -0.1) is 0 Å². The number of rotatable bonds is 11. The van der Waals surface area contributed by atoms with E-state index in [0.717, 1.165) is 13.2 Å². The zero-order valence-electron chi connectivity index (χ0n) is 22.5. The Morgan fingerprint density at radius 3 is 1.32 bits per heavy atom. The van der Waals surface area contributed by atoms with Crippen molar-refractivity contribution in [3.63, 3.8) is 0 Å². The van der Waals surface area contributed by atoms with E-state index in [9.17, 15) is 19.8 Å². The fourth-order valence-corrected chi connectivity index (χ4v) is 2.27. The Morgan fingerprint density at radius 1 is 0.730 bits per heavy atom. The van der Waals surface area contributed by atoms with Gasteiger partial charge in [0.15, 0.2) is 29.3 Å². The molecule has 1 atom stereocenters.